The second kappa shape index (κ2) is 5.92. The molecular formula is C18H19NO2. The Morgan fingerprint density at radius 3 is 2.81 bits per heavy atom. The van der Waals surface area contributed by atoms with E-state index in [1.165, 1.54) is 10.9 Å². The Labute approximate surface area is 124 Å². The third-order valence-electron chi connectivity index (χ3n) is 3.51. The molecule has 2 aromatic carbocycles. The molecule has 0 aliphatic rings. The molecule has 0 amide bonds. The van der Waals surface area contributed by atoms with Gasteiger partial charge in [0.2, 0.25) is 0 Å². The summed E-state index contributed by atoms with van der Waals surface area (Å²) in [5, 5.41) is 4.61. The van der Waals surface area contributed by atoms with Crippen molar-refractivity contribution in [1.82, 2.24) is 0 Å². The van der Waals surface area contributed by atoms with E-state index in [9.17, 15) is 0 Å². The predicted octanol–water partition coefficient (Wildman–Crippen LogP) is 4.75. The first kappa shape index (κ1) is 13.6. The molecule has 0 saturated carbocycles. The lowest BCUT2D eigenvalue weighted by molar-refractivity contribution is 0.340. The molecule has 0 spiro atoms. The maximum atomic E-state index is 5.79. The van der Waals surface area contributed by atoms with Crippen molar-refractivity contribution in [3.05, 3.63) is 59.9 Å². The van der Waals surface area contributed by atoms with Gasteiger partial charge in [0, 0.05) is 29.2 Å². The number of aryl methyl sites for hydroxylation is 1. The quantitative estimate of drug-likeness (QED) is 0.732. The molecule has 0 atom stereocenters. The smallest absolute Gasteiger partial charge is 0.134 e. The summed E-state index contributed by atoms with van der Waals surface area (Å²) in [6.45, 7) is 5.40. The molecule has 0 bridgehead atoms. The lowest BCUT2D eigenvalue weighted by Gasteiger charge is -2.08. The van der Waals surface area contributed by atoms with E-state index in [4.69, 9.17) is 9.15 Å². The number of nitrogens with one attached hydrogen (secondary N) is 1. The summed E-state index contributed by atoms with van der Waals surface area (Å²) in [6.07, 6.45) is 0. The summed E-state index contributed by atoms with van der Waals surface area (Å²) >= 11 is 0. The van der Waals surface area contributed by atoms with Gasteiger partial charge in [-0.05, 0) is 32.0 Å². The van der Waals surface area contributed by atoms with E-state index < -0.39 is 0 Å². The number of anilines is 1. The summed E-state index contributed by atoms with van der Waals surface area (Å²) in [6, 6.07) is 16.1. The molecule has 0 fully saturated rings. The van der Waals surface area contributed by atoms with Gasteiger partial charge in [-0.1, -0.05) is 24.3 Å². The second-order valence-electron chi connectivity index (χ2n) is 4.95. The average Bonchev–Trinajstić information content (AvgIpc) is 2.81. The van der Waals surface area contributed by atoms with Crippen LogP contribution in [-0.2, 0) is 6.54 Å². The molecule has 21 heavy (non-hydrogen) atoms. The Bertz CT molecular complexity index is 746. The van der Waals surface area contributed by atoms with Gasteiger partial charge in [-0.3, -0.25) is 0 Å². The number of rotatable bonds is 5. The summed E-state index contributed by atoms with van der Waals surface area (Å²) in [7, 11) is 0. The van der Waals surface area contributed by atoms with Crippen molar-refractivity contribution in [3.63, 3.8) is 0 Å². The Hall–Kier alpha value is -2.42. The summed E-state index contributed by atoms with van der Waals surface area (Å²) in [4.78, 5) is 0. The second-order valence-corrected chi connectivity index (χ2v) is 4.95. The van der Waals surface area contributed by atoms with Crippen LogP contribution in [0.4, 0.5) is 5.69 Å². The molecule has 3 aromatic rings. The molecule has 0 aliphatic heterocycles. The van der Waals surface area contributed by atoms with Crippen LogP contribution in [0.3, 0.4) is 0 Å². The molecule has 1 heterocycles. The van der Waals surface area contributed by atoms with Crippen molar-refractivity contribution < 1.29 is 9.15 Å². The summed E-state index contributed by atoms with van der Waals surface area (Å²) in [5.74, 6) is 1.85. The van der Waals surface area contributed by atoms with Crippen molar-refractivity contribution in [2.75, 3.05) is 11.9 Å². The van der Waals surface area contributed by atoms with Gasteiger partial charge in [-0.25, -0.2) is 0 Å². The van der Waals surface area contributed by atoms with Crippen molar-refractivity contribution in [3.8, 4) is 5.75 Å². The first-order valence-corrected chi connectivity index (χ1v) is 7.21. The highest BCUT2D eigenvalue weighted by molar-refractivity contribution is 5.82. The van der Waals surface area contributed by atoms with E-state index in [1.807, 2.05) is 56.3 Å². The van der Waals surface area contributed by atoms with Crippen molar-refractivity contribution >= 4 is 16.7 Å². The lowest BCUT2D eigenvalue weighted by Crippen LogP contribution is -2.00. The summed E-state index contributed by atoms with van der Waals surface area (Å²) in [5.41, 5.74) is 3.19. The maximum Gasteiger partial charge on any atom is 0.134 e. The number of hydrogen-bond donors (Lipinski definition) is 1. The van der Waals surface area contributed by atoms with Crippen LogP contribution in [0.2, 0.25) is 0 Å². The minimum Gasteiger partial charge on any atom is -0.494 e. The SMILES string of the molecule is CCOc1cccc(NCc2c(C)oc3ccccc23)c1. The third-order valence-corrected chi connectivity index (χ3v) is 3.51. The Morgan fingerprint density at radius 2 is 1.95 bits per heavy atom. The predicted molar refractivity (Wildman–Crippen MR) is 85.9 cm³/mol. The summed E-state index contributed by atoms with van der Waals surface area (Å²) < 4.78 is 11.3. The zero-order valence-electron chi connectivity index (χ0n) is 12.3. The molecule has 108 valence electrons. The maximum absolute atomic E-state index is 5.79. The number of fused-ring (bicyclic) bond motifs is 1. The highest BCUT2D eigenvalue weighted by atomic mass is 16.5. The largest absolute Gasteiger partial charge is 0.494 e. The van der Waals surface area contributed by atoms with Gasteiger partial charge in [-0.2, -0.15) is 0 Å². The molecule has 0 radical (unpaired) electrons. The molecule has 3 heteroatoms. The number of benzene rings is 2. The molecule has 1 aromatic heterocycles. The highest BCUT2D eigenvalue weighted by Gasteiger charge is 2.09. The van der Waals surface area contributed by atoms with E-state index in [0.717, 1.165) is 29.3 Å². The van der Waals surface area contributed by atoms with Crippen molar-refractivity contribution in [1.29, 1.82) is 0 Å². The molecule has 0 saturated heterocycles. The third kappa shape index (κ3) is 2.87. The fourth-order valence-corrected chi connectivity index (χ4v) is 2.49. The Kier molecular flexibility index (Phi) is 3.82. The number of para-hydroxylation sites is 1. The molecule has 0 unspecified atom stereocenters. The fraction of sp³-hybridized carbons (Fsp3) is 0.222. The van der Waals surface area contributed by atoms with Crippen molar-refractivity contribution in [2.24, 2.45) is 0 Å². The van der Waals surface area contributed by atoms with E-state index in [0.29, 0.717) is 6.61 Å². The molecule has 0 aliphatic carbocycles. The van der Waals surface area contributed by atoms with Gasteiger partial charge in [0.15, 0.2) is 0 Å². The van der Waals surface area contributed by atoms with Crippen LogP contribution < -0.4 is 10.1 Å². The van der Waals surface area contributed by atoms with Gasteiger partial charge in [0.1, 0.15) is 17.1 Å². The van der Waals surface area contributed by atoms with E-state index in [1.54, 1.807) is 0 Å². The fourth-order valence-electron chi connectivity index (χ4n) is 2.49. The average molecular weight is 281 g/mol. The number of ether oxygens (including phenoxy) is 1. The standard InChI is InChI=1S/C18H19NO2/c1-3-20-15-8-6-7-14(11-15)19-12-17-13(2)21-18-10-5-4-9-16(17)18/h4-11,19H,3,12H2,1-2H3. The van der Waals surface area contributed by atoms with Crippen molar-refractivity contribution in [2.45, 2.75) is 20.4 Å². The Balaban J connectivity index is 1.80. The van der Waals surface area contributed by atoms with E-state index in [2.05, 4.69) is 11.4 Å². The van der Waals surface area contributed by atoms with E-state index in [-0.39, 0.29) is 0 Å². The first-order valence-electron chi connectivity index (χ1n) is 7.21. The monoisotopic (exact) mass is 281 g/mol. The normalized spacial score (nSPS) is 10.8. The molecule has 3 nitrogen and oxygen atoms in total. The minimum absolute atomic E-state index is 0.676. The number of hydrogen-bond acceptors (Lipinski definition) is 3. The van der Waals surface area contributed by atoms with Crippen LogP contribution in [0.15, 0.2) is 52.9 Å². The first-order chi connectivity index (χ1) is 10.3. The number of furan rings is 1. The zero-order valence-corrected chi connectivity index (χ0v) is 12.3. The Morgan fingerprint density at radius 1 is 1.10 bits per heavy atom. The highest BCUT2D eigenvalue weighted by Crippen LogP contribution is 2.26. The molecule has 1 N–H and O–H groups in total. The van der Waals surface area contributed by atoms with Crippen LogP contribution in [-0.4, -0.2) is 6.61 Å². The topological polar surface area (TPSA) is 34.4 Å². The van der Waals surface area contributed by atoms with Gasteiger partial charge >= 0.3 is 0 Å². The van der Waals surface area contributed by atoms with E-state index >= 15 is 0 Å². The van der Waals surface area contributed by atoms with Gasteiger partial charge in [0.05, 0.1) is 6.61 Å². The van der Waals surface area contributed by atoms with Crippen LogP contribution in [0.25, 0.3) is 11.0 Å². The van der Waals surface area contributed by atoms with Crippen LogP contribution in [0.5, 0.6) is 5.75 Å². The molecule has 3 rings (SSSR count). The van der Waals surface area contributed by atoms with Gasteiger partial charge < -0.3 is 14.5 Å². The van der Waals surface area contributed by atoms with Gasteiger partial charge in [0.25, 0.3) is 0 Å². The zero-order chi connectivity index (χ0) is 14.7. The van der Waals surface area contributed by atoms with Crippen LogP contribution >= 0.6 is 0 Å². The lowest BCUT2D eigenvalue weighted by atomic mass is 10.1. The van der Waals surface area contributed by atoms with Crippen LogP contribution in [0.1, 0.15) is 18.2 Å². The molecular weight excluding hydrogens is 262 g/mol. The minimum atomic E-state index is 0.676. The van der Waals surface area contributed by atoms with Gasteiger partial charge in [-0.15, -0.1) is 0 Å². The van der Waals surface area contributed by atoms with Crippen LogP contribution in [0, 0.1) is 6.92 Å².